The Bertz CT molecular complexity index is 443. The number of benzene rings is 1. The molecule has 0 spiro atoms. The lowest BCUT2D eigenvalue weighted by Crippen LogP contribution is -2.25. The van der Waals surface area contributed by atoms with Crippen LogP contribution in [0.3, 0.4) is 0 Å². The molecule has 1 aromatic carbocycles. The van der Waals surface area contributed by atoms with Crippen LogP contribution in [0.25, 0.3) is 0 Å². The van der Waals surface area contributed by atoms with Gasteiger partial charge in [0.2, 0.25) is 10.0 Å². The maximum atomic E-state index is 11.9. The largest absolute Gasteiger partial charge is 0.388 e. The minimum Gasteiger partial charge on any atom is -0.388 e. The first-order chi connectivity index (χ1) is 8.60. The van der Waals surface area contributed by atoms with Crippen molar-refractivity contribution in [3.05, 3.63) is 24.3 Å². The van der Waals surface area contributed by atoms with E-state index in [1.807, 2.05) is 6.92 Å². The number of nitrogens with one attached hydrogen (secondary N) is 2. The third-order valence-corrected chi connectivity index (χ3v) is 3.89. The molecule has 0 heterocycles. The average molecular weight is 272 g/mol. The molecular weight excluding hydrogens is 252 g/mol. The molecule has 0 atom stereocenters. The molecular formula is C12H20N2O3S. The second kappa shape index (κ2) is 7.35. The number of rotatable bonds is 8. The minimum atomic E-state index is -3.41. The van der Waals surface area contributed by atoms with E-state index in [0.717, 1.165) is 5.69 Å². The van der Waals surface area contributed by atoms with Crippen molar-refractivity contribution in [2.75, 3.05) is 32.1 Å². The lowest BCUT2D eigenvalue weighted by Gasteiger charge is -2.07. The van der Waals surface area contributed by atoms with E-state index in [1.165, 1.54) is 0 Å². The zero-order chi connectivity index (χ0) is 13.4. The fraction of sp³-hybridized carbons (Fsp3) is 0.500. The highest BCUT2D eigenvalue weighted by atomic mass is 32.2. The van der Waals surface area contributed by atoms with Gasteiger partial charge in [0.15, 0.2) is 0 Å². The molecule has 1 rings (SSSR count). The van der Waals surface area contributed by atoms with Gasteiger partial charge in [0.05, 0.1) is 4.90 Å². The number of hydrogen-bond donors (Lipinski definition) is 2. The van der Waals surface area contributed by atoms with Crippen molar-refractivity contribution in [2.24, 2.45) is 0 Å². The third kappa shape index (κ3) is 4.64. The van der Waals surface area contributed by atoms with Crippen LogP contribution in [-0.4, -0.2) is 35.2 Å². The zero-order valence-corrected chi connectivity index (χ0v) is 11.6. The molecule has 0 aliphatic rings. The molecule has 6 heteroatoms. The number of sulfonamides is 1. The Labute approximate surface area is 109 Å². The molecule has 18 heavy (non-hydrogen) atoms. The van der Waals surface area contributed by atoms with Gasteiger partial charge in [-0.05, 0) is 37.6 Å². The van der Waals surface area contributed by atoms with E-state index in [4.69, 9.17) is 4.74 Å². The van der Waals surface area contributed by atoms with Gasteiger partial charge in [0.1, 0.15) is 0 Å². The molecule has 0 radical (unpaired) electrons. The Morgan fingerprint density at radius 2 is 1.89 bits per heavy atom. The van der Waals surface area contributed by atoms with Crippen molar-refractivity contribution in [3.63, 3.8) is 0 Å². The molecule has 0 aromatic heterocycles. The van der Waals surface area contributed by atoms with Gasteiger partial charge in [0.25, 0.3) is 0 Å². The highest BCUT2D eigenvalue weighted by Gasteiger charge is 2.12. The molecule has 5 nitrogen and oxygen atoms in total. The van der Waals surface area contributed by atoms with Crippen LogP contribution in [0, 0.1) is 0 Å². The van der Waals surface area contributed by atoms with Crippen LogP contribution in [0.15, 0.2) is 29.2 Å². The lowest BCUT2D eigenvalue weighted by molar-refractivity contribution is 0.146. The van der Waals surface area contributed by atoms with Gasteiger partial charge < -0.3 is 10.1 Å². The van der Waals surface area contributed by atoms with E-state index in [0.29, 0.717) is 26.2 Å². The van der Waals surface area contributed by atoms with Crippen molar-refractivity contribution in [2.45, 2.75) is 18.2 Å². The van der Waals surface area contributed by atoms with Crippen LogP contribution >= 0.6 is 0 Å². The Kier molecular flexibility index (Phi) is 6.11. The summed E-state index contributed by atoms with van der Waals surface area (Å²) in [6.45, 7) is 3.51. The van der Waals surface area contributed by atoms with Crippen molar-refractivity contribution < 1.29 is 13.2 Å². The van der Waals surface area contributed by atoms with Crippen LogP contribution in [0.2, 0.25) is 0 Å². The number of hydrogen-bond acceptors (Lipinski definition) is 4. The topological polar surface area (TPSA) is 67.4 Å². The highest BCUT2D eigenvalue weighted by Crippen LogP contribution is 2.13. The SMILES string of the molecule is CCOCCCNS(=O)(=O)c1ccc(NC)cc1. The van der Waals surface area contributed by atoms with Gasteiger partial charge in [-0.25, -0.2) is 13.1 Å². The average Bonchev–Trinajstić information content (AvgIpc) is 2.38. The first kappa shape index (κ1) is 14.9. The molecule has 0 fully saturated rings. The van der Waals surface area contributed by atoms with Gasteiger partial charge in [-0.15, -0.1) is 0 Å². The van der Waals surface area contributed by atoms with Crippen molar-refractivity contribution in [3.8, 4) is 0 Å². The second-order valence-corrected chi connectivity index (χ2v) is 5.49. The van der Waals surface area contributed by atoms with E-state index in [-0.39, 0.29) is 4.90 Å². The standard InChI is InChI=1S/C12H20N2O3S/c1-3-17-10-4-9-14-18(15,16)12-7-5-11(13-2)6-8-12/h5-8,13-14H,3-4,9-10H2,1-2H3. The fourth-order valence-corrected chi connectivity index (χ4v) is 2.48. The van der Waals surface area contributed by atoms with Gasteiger partial charge in [0, 0.05) is 32.5 Å². The van der Waals surface area contributed by atoms with Crippen LogP contribution in [0.4, 0.5) is 5.69 Å². The summed E-state index contributed by atoms with van der Waals surface area (Å²) in [5.74, 6) is 0. The molecule has 0 saturated carbocycles. The monoisotopic (exact) mass is 272 g/mol. The minimum absolute atomic E-state index is 0.276. The molecule has 0 amide bonds. The first-order valence-electron chi connectivity index (χ1n) is 5.95. The van der Waals surface area contributed by atoms with Crippen LogP contribution in [0.1, 0.15) is 13.3 Å². The summed E-state index contributed by atoms with van der Waals surface area (Å²) < 4.78 is 31.5. The summed E-state index contributed by atoms with van der Waals surface area (Å²) in [7, 11) is -1.62. The molecule has 0 aliphatic carbocycles. The van der Waals surface area contributed by atoms with Crippen molar-refractivity contribution in [1.82, 2.24) is 4.72 Å². The third-order valence-electron chi connectivity index (χ3n) is 2.41. The summed E-state index contributed by atoms with van der Waals surface area (Å²) in [5.41, 5.74) is 0.880. The Balaban J connectivity index is 2.51. The maximum Gasteiger partial charge on any atom is 0.240 e. The van der Waals surface area contributed by atoms with E-state index in [2.05, 4.69) is 10.0 Å². The highest BCUT2D eigenvalue weighted by molar-refractivity contribution is 7.89. The number of anilines is 1. The Morgan fingerprint density at radius 1 is 1.22 bits per heavy atom. The van der Waals surface area contributed by atoms with E-state index in [9.17, 15) is 8.42 Å². The van der Waals surface area contributed by atoms with Crippen molar-refractivity contribution in [1.29, 1.82) is 0 Å². The number of ether oxygens (including phenoxy) is 1. The molecule has 0 bridgehead atoms. The van der Waals surface area contributed by atoms with E-state index < -0.39 is 10.0 Å². The van der Waals surface area contributed by atoms with Gasteiger partial charge in [-0.2, -0.15) is 0 Å². The molecule has 0 saturated heterocycles. The summed E-state index contributed by atoms with van der Waals surface area (Å²) in [4.78, 5) is 0.276. The smallest absolute Gasteiger partial charge is 0.240 e. The molecule has 102 valence electrons. The lowest BCUT2D eigenvalue weighted by atomic mass is 10.3. The first-order valence-corrected chi connectivity index (χ1v) is 7.43. The molecule has 2 N–H and O–H groups in total. The fourth-order valence-electron chi connectivity index (χ4n) is 1.41. The maximum absolute atomic E-state index is 11.9. The van der Waals surface area contributed by atoms with Gasteiger partial charge in [-0.1, -0.05) is 0 Å². The van der Waals surface area contributed by atoms with E-state index in [1.54, 1.807) is 31.3 Å². The predicted octanol–water partition coefficient (Wildman–Crippen LogP) is 1.43. The summed E-state index contributed by atoms with van der Waals surface area (Å²) in [6, 6.07) is 6.62. The quantitative estimate of drug-likeness (QED) is 0.703. The van der Waals surface area contributed by atoms with Gasteiger partial charge >= 0.3 is 0 Å². The Morgan fingerprint density at radius 3 is 2.44 bits per heavy atom. The summed E-state index contributed by atoms with van der Waals surface area (Å²) in [5, 5.41) is 2.94. The van der Waals surface area contributed by atoms with Crippen LogP contribution in [-0.2, 0) is 14.8 Å². The normalized spacial score (nSPS) is 11.4. The molecule has 0 unspecified atom stereocenters. The zero-order valence-electron chi connectivity index (χ0n) is 10.8. The van der Waals surface area contributed by atoms with Crippen LogP contribution in [0.5, 0.6) is 0 Å². The van der Waals surface area contributed by atoms with Crippen molar-refractivity contribution >= 4 is 15.7 Å². The van der Waals surface area contributed by atoms with Crippen LogP contribution < -0.4 is 10.0 Å². The van der Waals surface area contributed by atoms with Gasteiger partial charge in [-0.3, -0.25) is 0 Å². The summed E-state index contributed by atoms with van der Waals surface area (Å²) >= 11 is 0. The molecule has 1 aromatic rings. The second-order valence-electron chi connectivity index (χ2n) is 3.72. The predicted molar refractivity (Wildman–Crippen MR) is 72.3 cm³/mol. The Hall–Kier alpha value is -1.11. The van der Waals surface area contributed by atoms with E-state index >= 15 is 0 Å². The summed E-state index contributed by atoms with van der Waals surface area (Å²) in [6.07, 6.45) is 0.668. The molecule has 0 aliphatic heterocycles.